The molecule has 0 atom stereocenters. The topological polar surface area (TPSA) is 106 Å². The van der Waals surface area contributed by atoms with Crippen molar-refractivity contribution in [2.45, 2.75) is 0 Å². The molecule has 2 aromatic heterocycles. The molecular formula is C20H23N5O3S. The molecule has 152 valence electrons. The van der Waals surface area contributed by atoms with E-state index in [1.54, 1.807) is 30.2 Å². The van der Waals surface area contributed by atoms with Gasteiger partial charge in [-0.2, -0.15) is 5.10 Å². The van der Waals surface area contributed by atoms with E-state index in [9.17, 15) is 13.2 Å². The first-order chi connectivity index (χ1) is 13.8. The summed E-state index contributed by atoms with van der Waals surface area (Å²) in [7, 11) is 0.492. The molecule has 29 heavy (non-hydrogen) atoms. The summed E-state index contributed by atoms with van der Waals surface area (Å²) >= 11 is 0. The Hall–Kier alpha value is -3.20. The number of rotatable bonds is 8. The van der Waals surface area contributed by atoms with Crippen LogP contribution in [0.2, 0.25) is 0 Å². The van der Waals surface area contributed by atoms with Crippen LogP contribution in [0.15, 0.2) is 36.8 Å². The molecule has 0 saturated heterocycles. The van der Waals surface area contributed by atoms with Crippen molar-refractivity contribution >= 4 is 38.8 Å². The van der Waals surface area contributed by atoms with Crippen molar-refractivity contribution in [1.82, 2.24) is 20.1 Å². The minimum absolute atomic E-state index is 0.0128. The Labute approximate surface area is 169 Å². The van der Waals surface area contributed by atoms with Gasteiger partial charge in [0, 0.05) is 49.6 Å². The largest absolute Gasteiger partial charge is 0.394 e. The SMILES string of the molecule is CN/C=C\c1nc(NCCS(C)(=O)=O)c2ccc(-c3cnn(C)c3)cc2c1C=O. The number of hydrogen-bond donors (Lipinski definition) is 2. The molecule has 0 bridgehead atoms. The third-order valence-electron chi connectivity index (χ3n) is 4.40. The van der Waals surface area contributed by atoms with Crippen molar-refractivity contribution in [3.8, 4) is 11.1 Å². The average Bonchev–Trinajstić information content (AvgIpc) is 3.11. The zero-order chi connectivity index (χ0) is 21.0. The fraction of sp³-hybridized carbons (Fsp3) is 0.250. The third kappa shape index (κ3) is 4.80. The monoisotopic (exact) mass is 413 g/mol. The Morgan fingerprint density at radius 3 is 2.62 bits per heavy atom. The number of carbonyl (C=O) groups excluding carboxylic acids is 1. The van der Waals surface area contributed by atoms with Gasteiger partial charge < -0.3 is 10.6 Å². The van der Waals surface area contributed by atoms with Crippen LogP contribution in [-0.4, -0.2) is 55.1 Å². The lowest BCUT2D eigenvalue weighted by Crippen LogP contribution is -2.15. The first kappa shape index (κ1) is 20.5. The summed E-state index contributed by atoms with van der Waals surface area (Å²) in [6, 6.07) is 5.74. The second-order valence-electron chi connectivity index (χ2n) is 6.72. The lowest BCUT2D eigenvalue weighted by Gasteiger charge is -2.13. The van der Waals surface area contributed by atoms with Crippen LogP contribution in [0.4, 0.5) is 5.82 Å². The Kier molecular flexibility index (Phi) is 5.97. The van der Waals surface area contributed by atoms with Gasteiger partial charge in [0.15, 0.2) is 6.29 Å². The number of benzene rings is 1. The molecule has 0 aliphatic carbocycles. The standard InChI is InChI=1S/C20H23N5O3S/c1-21-7-6-19-18(13-26)17-10-14(15-11-23-25(2)12-15)4-5-16(17)20(24-19)22-8-9-29(3,27)28/h4-7,10-13,21H,8-9H2,1-3H3,(H,22,24)/b7-6-. The van der Waals surface area contributed by atoms with Crippen LogP contribution in [0, 0.1) is 0 Å². The quantitative estimate of drug-likeness (QED) is 0.545. The van der Waals surface area contributed by atoms with E-state index < -0.39 is 9.84 Å². The summed E-state index contributed by atoms with van der Waals surface area (Å²) in [5, 5.41) is 11.7. The van der Waals surface area contributed by atoms with Gasteiger partial charge in [-0.05, 0) is 29.3 Å². The lowest BCUT2D eigenvalue weighted by molar-refractivity contribution is 0.112. The van der Waals surface area contributed by atoms with Crippen molar-refractivity contribution in [2.75, 3.05) is 30.9 Å². The second-order valence-corrected chi connectivity index (χ2v) is 8.98. The molecule has 0 amide bonds. The number of sulfone groups is 1. The van der Waals surface area contributed by atoms with Gasteiger partial charge >= 0.3 is 0 Å². The summed E-state index contributed by atoms with van der Waals surface area (Å²) < 4.78 is 24.6. The molecule has 0 aliphatic rings. The number of nitrogens with zero attached hydrogens (tertiary/aromatic N) is 3. The summed E-state index contributed by atoms with van der Waals surface area (Å²) in [6.07, 6.45) is 9.04. The number of carbonyl (C=O) groups is 1. The van der Waals surface area contributed by atoms with Gasteiger partial charge in [-0.1, -0.05) is 12.1 Å². The maximum absolute atomic E-state index is 11.9. The predicted molar refractivity (Wildman–Crippen MR) is 116 cm³/mol. The third-order valence-corrected chi connectivity index (χ3v) is 5.35. The Morgan fingerprint density at radius 1 is 1.21 bits per heavy atom. The van der Waals surface area contributed by atoms with Crippen LogP contribution in [0.25, 0.3) is 28.0 Å². The molecule has 3 aromatic rings. The molecule has 0 aliphatic heterocycles. The van der Waals surface area contributed by atoms with E-state index in [4.69, 9.17) is 0 Å². The fourth-order valence-corrected chi connectivity index (χ4v) is 3.48. The van der Waals surface area contributed by atoms with Crippen molar-refractivity contribution in [1.29, 1.82) is 0 Å². The van der Waals surface area contributed by atoms with Crippen LogP contribution >= 0.6 is 0 Å². The van der Waals surface area contributed by atoms with E-state index in [0.717, 1.165) is 28.2 Å². The number of anilines is 1. The van der Waals surface area contributed by atoms with E-state index in [0.29, 0.717) is 17.1 Å². The Balaban J connectivity index is 2.16. The molecule has 1 aromatic carbocycles. The van der Waals surface area contributed by atoms with E-state index in [2.05, 4.69) is 20.7 Å². The number of pyridine rings is 1. The van der Waals surface area contributed by atoms with Gasteiger partial charge in [0.05, 0.1) is 17.6 Å². The van der Waals surface area contributed by atoms with E-state index in [1.165, 1.54) is 6.26 Å². The zero-order valence-electron chi connectivity index (χ0n) is 16.5. The van der Waals surface area contributed by atoms with E-state index >= 15 is 0 Å². The minimum Gasteiger partial charge on any atom is -0.394 e. The van der Waals surface area contributed by atoms with E-state index in [-0.39, 0.29) is 12.3 Å². The number of fused-ring (bicyclic) bond motifs is 1. The van der Waals surface area contributed by atoms with Crippen LogP contribution in [-0.2, 0) is 16.9 Å². The van der Waals surface area contributed by atoms with Gasteiger partial charge in [0.1, 0.15) is 15.7 Å². The van der Waals surface area contributed by atoms with Crippen molar-refractivity contribution in [2.24, 2.45) is 7.05 Å². The highest BCUT2D eigenvalue weighted by atomic mass is 32.2. The summed E-state index contributed by atoms with van der Waals surface area (Å²) in [5.74, 6) is 0.517. The predicted octanol–water partition coefficient (Wildman–Crippen LogP) is 2.09. The molecule has 2 N–H and O–H groups in total. The Morgan fingerprint density at radius 2 is 2.00 bits per heavy atom. The van der Waals surface area contributed by atoms with Crippen LogP contribution in [0.1, 0.15) is 16.1 Å². The van der Waals surface area contributed by atoms with Crippen molar-refractivity contribution < 1.29 is 13.2 Å². The molecule has 2 heterocycles. The van der Waals surface area contributed by atoms with Gasteiger partial charge in [0.2, 0.25) is 0 Å². The molecule has 0 unspecified atom stereocenters. The fourth-order valence-electron chi connectivity index (χ4n) is 3.01. The molecular weight excluding hydrogens is 390 g/mol. The molecule has 0 radical (unpaired) electrons. The molecule has 3 rings (SSSR count). The second kappa shape index (κ2) is 8.44. The average molecular weight is 414 g/mol. The maximum atomic E-state index is 11.9. The van der Waals surface area contributed by atoms with Gasteiger partial charge in [-0.25, -0.2) is 13.4 Å². The summed E-state index contributed by atoms with van der Waals surface area (Å²) in [4.78, 5) is 16.5. The van der Waals surface area contributed by atoms with Crippen molar-refractivity contribution in [3.63, 3.8) is 0 Å². The van der Waals surface area contributed by atoms with Crippen molar-refractivity contribution in [3.05, 3.63) is 48.1 Å². The number of aromatic nitrogens is 3. The molecule has 0 saturated carbocycles. The van der Waals surface area contributed by atoms with E-state index in [1.807, 2.05) is 31.4 Å². The highest BCUT2D eigenvalue weighted by molar-refractivity contribution is 7.90. The zero-order valence-corrected chi connectivity index (χ0v) is 17.3. The van der Waals surface area contributed by atoms with Crippen LogP contribution in [0.3, 0.4) is 0 Å². The highest BCUT2D eigenvalue weighted by Gasteiger charge is 2.14. The lowest BCUT2D eigenvalue weighted by atomic mass is 9.99. The first-order valence-corrected chi connectivity index (χ1v) is 11.1. The van der Waals surface area contributed by atoms with Crippen LogP contribution < -0.4 is 10.6 Å². The minimum atomic E-state index is -3.10. The van der Waals surface area contributed by atoms with Gasteiger partial charge in [0.25, 0.3) is 0 Å². The van der Waals surface area contributed by atoms with Gasteiger partial charge in [-0.15, -0.1) is 0 Å². The summed E-state index contributed by atoms with van der Waals surface area (Å²) in [5.41, 5.74) is 2.81. The normalized spacial score (nSPS) is 11.8. The smallest absolute Gasteiger partial charge is 0.152 e. The molecule has 0 fully saturated rings. The van der Waals surface area contributed by atoms with Crippen LogP contribution in [0.5, 0.6) is 0 Å². The highest BCUT2D eigenvalue weighted by Crippen LogP contribution is 2.31. The molecule has 9 heteroatoms. The number of aryl methyl sites for hydroxylation is 1. The number of hydrogen-bond acceptors (Lipinski definition) is 7. The number of nitrogens with one attached hydrogen (secondary N) is 2. The molecule has 0 spiro atoms. The Bertz CT molecular complexity index is 1180. The summed E-state index contributed by atoms with van der Waals surface area (Å²) in [6.45, 7) is 0.223. The first-order valence-electron chi connectivity index (χ1n) is 9.00. The molecule has 8 nitrogen and oxygen atoms in total. The maximum Gasteiger partial charge on any atom is 0.152 e. The van der Waals surface area contributed by atoms with Gasteiger partial charge in [-0.3, -0.25) is 9.48 Å². The number of aldehydes is 1.